The minimum atomic E-state index is -4.45. The smallest absolute Gasteiger partial charge is 0.425 e. The van der Waals surface area contributed by atoms with Gasteiger partial charge in [-0.2, -0.15) is 26.3 Å². The highest BCUT2D eigenvalue weighted by Crippen LogP contribution is 2.41. The lowest BCUT2D eigenvalue weighted by Gasteiger charge is -2.19. The Bertz CT molecular complexity index is 2340. The predicted octanol–water partition coefficient (Wildman–Crippen LogP) is 9.58. The maximum absolute atomic E-state index is 13.3. The normalized spacial score (nSPS) is 12.8. The molecule has 0 aliphatic carbocycles. The van der Waals surface area contributed by atoms with Crippen molar-refractivity contribution in [1.29, 1.82) is 0 Å². The van der Waals surface area contributed by atoms with Gasteiger partial charge in [0.15, 0.2) is 23.1 Å². The average molecular weight is 760 g/mol. The number of thiophene rings is 2. The molecule has 51 heavy (non-hydrogen) atoms. The van der Waals surface area contributed by atoms with Gasteiger partial charge in [-0.15, -0.1) is 22.7 Å². The van der Waals surface area contributed by atoms with Crippen molar-refractivity contribution in [1.82, 2.24) is 29.9 Å². The van der Waals surface area contributed by atoms with Gasteiger partial charge in [0.1, 0.15) is 43.6 Å². The molecule has 0 atom stereocenters. The number of benzene rings is 1. The van der Waals surface area contributed by atoms with Crippen molar-refractivity contribution in [2.45, 2.75) is 18.9 Å². The maximum Gasteiger partial charge on any atom is 0.425 e. The second kappa shape index (κ2) is 13.9. The zero-order valence-electron chi connectivity index (χ0n) is 25.6. The molecular weight excluding hydrogens is 740 g/mol. The second-order valence-corrected chi connectivity index (χ2v) is 13.1. The highest BCUT2D eigenvalue weighted by molar-refractivity contribution is 7.19. The first kappa shape index (κ1) is 34.3. The number of fused-ring (bicyclic) bond motifs is 3. The Morgan fingerprint density at radius 3 is 1.76 bits per heavy atom. The maximum atomic E-state index is 13.3. The Hall–Kier alpha value is -5.13. The number of rotatable bonds is 5. The van der Waals surface area contributed by atoms with E-state index in [2.05, 4.69) is 35.2 Å². The summed E-state index contributed by atoms with van der Waals surface area (Å²) >= 11 is 7.10. The van der Waals surface area contributed by atoms with Crippen molar-refractivity contribution in [2.75, 3.05) is 18.5 Å². The molecule has 0 unspecified atom stereocenters. The van der Waals surface area contributed by atoms with Crippen LogP contribution in [0, 0.1) is 0 Å². The van der Waals surface area contributed by atoms with Gasteiger partial charge in [-0.05, 0) is 54.1 Å². The molecule has 7 heterocycles. The third kappa shape index (κ3) is 7.64. The molecule has 0 spiro atoms. The van der Waals surface area contributed by atoms with Crippen LogP contribution in [-0.4, -0.2) is 43.1 Å². The van der Waals surface area contributed by atoms with Crippen LogP contribution >= 0.6 is 34.3 Å². The largest absolute Gasteiger partial charge is 0.486 e. The van der Waals surface area contributed by atoms with Crippen LogP contribution in [0.15, 0.2) is 79.4 Å². The molecule has 9 nitrogen and oxygen atoms in total. The van der Waals surface area contributed by atoms with E-state index in [9.17, 15) is 26.3 Å². The number of halogens is 7. The summed E-state index contributed by atoms with van der Waals surface area (Å²) in [6.07, 6.45) is -2.60. The summed E-state index contributed by atoms with van der Waals surface area (Å²) in [5, 5.41) is 3.71. The molecule has 1 aromatic carbocycles. The highest BCUT2D eigenvalue weighted by Gasteiger charge is 2.35. The van der Waals surface area contributed by atoms with Crippen molar-refractivity contribution in [2.24, 2.45) is 0 Å². The van der Waals surface area contributed by atoms with E-state index in [0.717, 1.165) is 17.7 Å². The fourth-order valence-electron chi connectivity index (χ4n) is 4.87. The van der Waals surface area contributed by atoms with E-state index in [4.69, 9.17) is 21.1 Å². The van der Waals surface area contributed by atoms with Gasteiger partial charge >= 0.3 is 12.4 Å². The monoisotopic (exact) mass is 759 g/mol. The second-order valence-electron chi connectivity index (χ2n) is 10.7. The van der Waals surface area contributed by atoms with Gasteiger partial charge in [0.25, 0.3) is 0 Å². The molecule has 8 rings (SSSR count). The number of hydrogen-bond acceptors (Lipinski definition) is 11. The average Bonchev–Trinajstić information content (AvgIpc) is 3.78. The van der Waals surface area contributed by atoms with Crippen molar-refractivity contribution in [3.63, 3.8) is 0 Å². The molecule has 0 radical (unpaired) electrons. The van der Waals surface area contributed by atoms with Gasteiger partial charge in [0.2, 0.25) is 0 Å². The van der Waals surface area contributed by atoms with Crippen LogP contribution in [0.2, 0.25) is 5.15 Å². The molecule has 7 aromatic rings. The standard InChI is InChI=1S/C21H15F3N4O2S.C12H5ClF3N3S/c22-21(23,24)17-10-14-19(26-11-12-1-2-15-16(9-12)30-8-7-29-15)27-18(28-20(14)31-17)13-3-5-25-6-4-13;13-9-7-5-8(12(14,15)16)20-11(7)19-10(18-9)6-1-3-17-4-2-6/h1-6,9-10H,7-8,11H2,(H,26,27,28);1-5H. The molecule has 1 aliphatic rings. The summed E-state index contributed by atoms with van der Waals surface area (Å²) in [7, 11) is 0. The Balaban J connectivity index is 0.000000175. The fraction of sp³-hybridized carbons (Fsp3) is 0.152. The number of anilines is 1. The lowest BCUT2D eigenvalue weighted by atomic mass is 10.2. The summed E-state index contributed by atoms with van der Waals surface area (Å²) < 4.78 is 89.1. The van der Waals surface area contributed by atoms with E-state index in [1.165, 1.54) is 0 Å². The summed E-state index contributed by atoms with van der Waals surface area (Å²) in [6.45, 7) is 1.32. The lowest BCUT2D eigenvalue weighted by molar-refractivity contribution is -0.135. The Kier molecular flexibility index (Phi) is 9.34. The topological polar surface area (TPSA) is 108 Å². The molecule has 0 saturated carbocycles. The van der Waals surface area contributed by atoms with Gasteiger partial charge < -0.3 is 14.8 Å². The molecule has 1 aliphatic heterocycles. The molecule has 0 saturated heterocycles. The number of pyridine rings is 2. The first-order chi connectivity index (χ1) is 24.4. The first-order valence-corrected chi connectivity index (χ1v) is 16.8. The van der Waals surface area contributed by atoms with Crippen LogP contribution in [0.4, 0.5) is 32.2 Å². The van der Waals surface area contributed by atoms with E-state index in [-0.39, 0.29) is 26.0 Å². The summed E-state index contributed by atoms with van der Waals surface area (Å²) in [6, 6.07) is 14.3. The van der Waals surface area contributed by atoms with Crippen LogP contribution in [0.5, 0.6) is 11.5 Å². The number of aromatic nitrogens is 6. The van der Waals surface area contributed by atoms with E-state index < -0.39 is 22.1 Å². The Morgan fingerprint density at radius 1 is 0.647 bits per heavy atom. The molecule has 0 fully saturated rings. The van der Waals surface area contributed by atoms with E-state index >= 15 is 0 Å². The van der Waals surface area contributed by atoms with Crippen LogP contribution in [-0.2, 0) is 18.9 Å². The highest BCUT2D eigenvalue weighted by atomic mass is 35.5. The van der Waals surface area contributed by atoms with E-state index in [0.29, 0.717) is 82.1 Å². The molecule has 260 valence electrons. The summed E-state index contributed by atoms with van der Waals surface area (Å²) in [5.74, 6) is 2.26. The molecular formula is C33H20ClF6N7O2S2. The summed E-state index contributed by atoms with van der Waals surface area (Å²) in [4.78, 5) is 23.9. The molecule has 1 N–H and O–H groups in total. The SMILES string of the molecule is FC(F)(F)c1cc2c(Cl)nc(-c3ccncc3)nc2s1.FC(F)(F)c1cc2c(NCc3ccc4c(c3)OCCO4)nc(-c3ccncc3)nc2s1. The quantitative estimate of drug-likeness (QED) is 0.136. The van der Waals surface area contributed by atoms with Crippen molar-refractivity contribution in [3.05, 3.63) is 99.9 Å². The zero-order chi connectivity index (χ0) is 35.8. The van der Waals surface area contributed by atoms with Gasteiger partial charge in [0, 0.05) is 47.8 Å². The first-order valence-electron chi connectivity index (χ1n) is 14.8. The fourth-order valence-corrected chi connectivity index (χ4v) is 6.94. The number of ether oxygens (including phenoxy) is 2. The molecule has 18 heteroatoms. The van der Waals surface area contributed by atoms with Crippen molar-refractivity contribution < 1.29 is 35.8 Å². The van der Waals surface area contributed by atoms with E-state index in [1.54, 1.807) is 49.1 Å². The van der Waals surface area contributed by atoms with Crippen LogP contribution < -0.4 is 14.8 Å². The van der Waals surface area contributed by atoms with Crippen molar-refractivity contribution >= 4 is 60.5 Å². The molecule has 0 amide bonds. The van der Waals surface area contributed by atoms with Crippen LogP contribution in [0.3, 0.4) is 0 Å². The molecule has 0 bridgehead atoms. The Labute approximate surface area is 297 Å². The van der Waals surface area contributed by atoms with Crippen LogP contribution in [0.1, 0.15) is 15.3 Å². The van der Waals surface area contributed by atoms with Gasteiger partial charge in [-0.25, -0.2) is 19.9 Å². The zero-order valence-corrected chi connectivity index (χ0v) is 28.0. The van der Waals surface area contributed by atoms with Crippen molar-refractivity contribution in [3.8, 4) is 34.3 Å². The number of nitrogens with zero attached hydrogens (tertiary/aromatic N) is 6. The van der Waals surface area contributed by atoms with Gasteiger partial charge in [-0.3, -0.25) is 9.97 Å². The van der Waals surface area contributed by atoms with Gasteiger partial charge in [0.05, 0.1) is 5.39 Å². The van der Waals surface area contributed by atoms with Gasteiger partial charge in [-0.1, -0.05) is 17.7 Å². The number of hydrogen-bond donors (Lipinski definition) is 1. The number of alkyl halides is 6. The number of nitrogens with one attached hydrogen (secondary N) is 1. The minimum Gasteiger partial charge on any atom is -0.486 e. The predicted molar refractivity (Wildman–Crippen MR) is 181 cm³/mol. The summed E-state index contributed by atoms with van der Waals surface area (Å²) in [5.41, 5.74) is 2.19. The minimum absolute atomic E-state index is 0.00793. The lowest BCUT2D eigenvalue weighted by Crippen LogP contribution is -2.15. The van der Waals surface area contributed by atoms with Crippen LogP contribution in [0.25, 0.3) is 43.2 Å². The van der Waals surface area contributed by atoms with E-state index in [1.807, 2.05) is 18.2 Å². The molecule has 6 aromatic heterocycles. The Morgan fingerprint density at radius 2 is 1.18 bits per heavy atom. The third-order valence-electron chi connectivity index (χ3n) is 7.24. The third-order valence-corrected chi connectivity index (χ3v) is 9.68.